The van der Waals surface area contributed by atoms with Crippen LogP contribution in [0.5, 0.6) is 0 Å². The minimum Gasteiger partial charge on any atom is -0.297 e. The number of likely N-dealkylation sites (tertiary alicyclic amines) is 1. The Morgan fingerprint density at radius 2 is 2.00 bits per heavy atom. The quantitative estimate of drug-likeness (QED) is 0.398. The van der Waals surface area contributed by atoms with Crippen LogP contribution in [0.2, 0.25) is 0 Å². The Labute approximate surface area is 85.8 Å². The van der Waals surface area contributed by atoms with Crippen LogP contribution in [0, 0.1) is 0 Å². The van der Waals surface area contributed by atoms with Crippen molar-refractivity contribution in [3.8, 4) is 0 Å². The van der Waals surface area contributed by atoms with Gasteiger partial charge < -0.3 is 0 Å². The van der Waals surface area contributed by atoms with E-state index in [0.717, 1.165) is 6.54 Å². The number of carbonyl (C=O) groups is 1. The van der Waals surface area contributed by atoms with E-state index < -0.39 is 0 Å². The normalized spacial score (nSPS) is 28.8. The second kappa shape index (κ2) is 5.32. The molecule has 3 N–H and O–H groups in total. The van der Waals surface area contributed by atoms with E-state index in [2.05, 4.69) is 24.2 Å². The number of amides is 1. The predicted octanol–water partition coefficient (Wildman–Crippen LogP) is 0.629. The van der Waals surface area contributed by atoms with E-state index in [4.69, 9.17) is 5.84 Å². The van der Waals surface area contributed by atoms with Crippen molar-refractivity contribution >= 4 is 5.91 Å². The lowest BCUT2D eigenvalue weighted by molar-refractivity contribution is -0.121. The Hall–Kier alpha value is -0.610. The highest BCUT2D eigenvalue weighted by Gasteiger charge is 2.24. The van der Waals surface area contributed by atoms with E-state index in [-0.39, 0.29) is 5.91 Å². The first-order valence-corrected chi connectivity index (χ1v) is 5.40. The zero-order valence-corrected chi connectivity index (χ0v) is 9.12. The molecule has 1 amide bonds. The monoisotopic (exact) mass is 199 g/mol. The molecule has 4 heteroatoms. The third-order valence-corrected chi connectivity index (χ3v) is 3.13. The van der Waals surface area contributed by atoms with Gasteiger partial charge in [0.15, 0.2) is 0 Å². The van der Waals surface area contributed by atoms with Crippen LogP contribution in [0.1, 0.15) is 39.5 Å². The molecule has 0 spiro atoms. The Morgan fingerprint density at radius 3 is 2.50 bits per heavy atom. The van der Waals surface area contributed by atoms with E-state index in [0.29, 0.717) is 18.5 Å². The summed E-state index contributed by atoms with van der Waals surface area (Å²) in [6, 6.07) is 1.20. The molecule has 1 saturated heterocycles. The fourth-order valence-corrected chi connectivity index (χ4v) is 2.22. The summed E-state index contributed by atoms with van der Waals surface area (Å²) in [5, 5.41) is 0. The van der Waals surface area contributed by atoms with Crippen LogP contribution in [-0.2, 0) is 4.79 Å². The van der Waals surface area contributed by atoms with Gasteiger partial charge in [-0.2, -0.15) is 0 Å². The van der Waals surface area contributed by atoms with Crippen LogP contribution in [0.4, 0.5) is 0 Å². The number of hydrogen-bond acceptors (Lipinski definition) is 3. The number of hydrogen-bond donors (Lipinski definition) is 2. The maximum Gasteiger partial charge on any atom is 0.235 e. The van der Waals surface area contributed by atoms with Crippen molar-refractivity contribution in [2.45, 2.75) is 51.6 Å². The fourth-order valence-electron chi connectivity index (χ4n) is 2.22. The summed E-state index contributed by atoms with van der Waals surface area (Å²) in [4.78, 5) is 13.4. The minimum absolute atomic E-state index is 0.0741. The van der Waals surface area contributed by atoms with Crippen LogP contribution >= 0.6 is 0 Å². The Morgan fingerprint density at radius 1 is 1.43 bits per heavy atom. The molecule has 1 aliphatic heterocycles. The van der Waals surface area contributed by atoms with E-state index in [1.54, 1.807) is 0 Å². The number of rotatable bonds is 3. The van der Waals surface area contributed by atoms with Crippen molar-refractivity contribution in [3.63, 3.8) is 0 Å². The second-order valence-corrected chi connectivity index (χ2v) is 4.18. The highest BCUT2D eigenvalue weighted by molar-refractivity contribution is 5.75. The van der Waals surface area contributed by atoms with Crippen molar-refractivity contribution in [3.05, 3.63) is 0 Å². The number of nitrogens with one attached hydrogen (secondary N) is 1. The van der Waals surface area contributed by atoms with Gasteiger partial charge in [-0.25, -0.2) is 5.84 Å². The van der Waals surface area contributed by atoms with Crippen molar-refractivity contribution in [1.29, 1.82) is 0 Å². The van der Waals surface area contributed by atoms with Gasteiger partial charge in [-0.15, -0.1) is 0 Å². The third kappa shape index (κ3) is 2.96. The number of nitrogens with two attached hydrogens (primary N) is 1. The maximum atomic E-state index is 11.0. The zero-order valence-electron chi connectivity index (χ0n) is 9.12. The van der Waals surface area contributed by atoms with E-state index in [9.17, 15) is 4.79 Å². The van der Waals surface area contributed by atoms with E-state index >= 15 is 0 Å². The van der Waals surface area contributed by atoms with Gasteiger partial charge in [-0.1, -0.05) is 6.42 Å². The van der Waals surface area contributed by atoms with Gasteiger partial charge in [0.2, 0.25) is 5.91 Å². The smallest absolute Gasteiger partial charge is 0.235 e. The third-order valence-electron chi connectivity index (χ3n) is 3.13. The molecule has 2 atom stereocenters. The average molecular weight is 199 g/mol. The first-order valence-electron chi connectivity index (χ1n) is 5.40. The molecule has 0 aromatic carbocycles. The number of nitrogens with zero attached hydrogens (tertiary/aromatic N) is 1. The van der Waals surface area contributed by atoms with Crippen LogP contribution in [0.3, 0.4) is 0 Å². The van der Waals surface area contributed by atoms with Gasteiger partial charge in [0, 0.05) is 25.0 Å². The highest BCUT2D eigenvalue weighted by Crippen LogP contribution is 2.22. The van der Waals surface area contributed by atoms with Crippen LogP contribution in [-0.4, -0.2) is 29.4 Å². The standard InChI is InChI=1S/C10H21N3O/c1-8-4-3-5-9(2)13(8)7-6-10(14)12-11/h8-9H,3-7,11H2,1-2H3,(H,12,14)/t8-,9-/m0/s1. The molecule has 1 rings (SSSR count). The molecular formula is C10H21N3O. The molecule has 0 saturated carbocycles. The largest absolute Gasteiger partial charge is 0.297 e. The molecule has 0 radical (unpaired) electrons. The van der Waals surface area contributed by atoms with Gasteiger partial charge in [0.1, 0.15) is 0 Å². The molecule has 1 heterocycles. The number of carbonyl (C=O) groups excluding carboxylic acids is 1. The SMILES string of the molecule is C[C@H]1CCC[C@H](C)N1CCC(=O)NN. The molecule has 0 aromatic heterocycles. The van der Waals surface area contributed by atoms with Crippen molar-refractivity contribution in [2.75, 3.05) is 6.54 Å². The van der Waals surface area contributed by atoms with E-state index in [1.165, 1.54) is 19.3 Å². The summed E-state index contributed by atoms with van der Waals surface area (Å²) in [6.07, 6.45) is 4.30. The topological polar surface area (TPSA) is 58.4 Å². The van der Waals surface area contributed by atoms with Crippen molar-refractivity contribution in [1.82, 2.24) is 10.3 Å². The van der Waals surface area contributed by atoms with Crippen LogP contribution in [0.25, 0.3) is 0 Å². The lowest BCUT2D eigenvalue weighted by Gasteiger charge is -2.38. The molecule has 0 unspecified atom stereocenters. The molecule has 14 heavy (non-hydrogen) atoms. The first-order chi connectivity index (χ1) is 6.65. The highest BCUT2D eigenvalue weighted by atomic mass is 16.2. The van der Waals surface area contributed by atoms with Crippen molar-refractivity contribution in [2.24, 2.45) is 5.84 Å². The van der Waals surface area contributed by atoms with Gasteiger partial charge >= 0.3 is 0 Å². The molecule has 0 aromatic rings. The van der Waals surface area contributed by atoms with Gasteiger partial charge in [0.25, 0.3) is 0 Å². The fraction of sp³-hybridized carbons (Fsp3) is 0.900. The molecule has 1 fully saturated rings. The maximum absolute atomic E-state index is 11.0. The lowest BCUT2D eigenvalue weighted by atomic mass is 9.97. The summed E-state index contributed by atoms with van der Waals surface area (Å²) < 4.78 is 0. The lowest BCUT2D eigenvalue weighted by Crippen LogP contribution is -2.45. The average Bonchev–Trinajstić information content (AvgIpc) is 2.16. The summed E-state index contributed by atoms with van der Waals surface area (Å²) in [6.45, 7) is 5.29. The molecule has 1 aliphatic rings. The Balaban J connectivity index is 2.36. The molecule has 4 nitrogen and oxygen atoms in total. The van der Waals surface area contributed by atoms with Crippen molar-refractivity contribution < 1.29 is 4.79 Å². The molecule has 0 bridgehead atoms. The van der Waals surface area contributed by atoms with Gasteiger partial charge in [-0.3, -0.25) is 15.1 Å². The summed E-state index contributed by atoms with van der Waals surface area (Å²) in [5.74, 6) is 4.96. The first kappa shape index (κ1) is 11.5. The van der Waals surface area contributed by atoms with Crippen LogP contribution < -0.4 is 11.3 Å². The predicted molar refractivity (Wildman–Crippen MR) is 56.4 cm³/mol. The second-order valence-electron chi connectivity index (χ2n) is 4.18. The Kier molecular flexibility index (Phi) is 4.35. The number of hydrazine groups is 1. The Bertz CT molecular complexity index is 186. The van der Waals surface area contributed by atoms with Gasteiger partial charge in [0.05, 0.1) is 0 Å². The zero-order chi connectivity index (χ0) is 10.6. The summed E-state index contributed by atoms with van der Waals surface area (Å²) in [5.41, 5.74) is 2.17. The van der Waals surface area contributed by atoms with Crippen LogP contribution in [0.15, 0.2) is 0 Å². The molecule has 82 valence electrons. The van der Waals surface area contributed by atoms with E-state index in [1.807, 2.05) is 0 Å². The number of piperidine rings is 1. The molecular weight excluding hydrogens is 178 g/mol. The summed E-state index contributed by atoms with van der Waals surface area (Å²) >= 11 is 0. The van der Waals surface area contributed by atoms with Gasteiger partial charge in [-0.05, 0) is 26.7 Å². The molecule has 0 aliphatic carbocycles. The minimum atomic E-state index is -0.0741. The summed E-state index contributed by atoms with van der Waals surface area (Å²) in [7, 11) is 0.